The van der Waals surface area contributed by atoms with E-state index in [0.29, 0.717) is 25.2 Å². The summed E-state index contributed by atoms with van der Waals surface area (Å²) in [4.78, 5) is 15.2. The van der Waals surface area contributed by atoms with E-state index in [4.69, 9.17) is 0 Å². The van der Waals surface area contributed by atoms with E-state index in [1.807, 2.05) is 0 Å². The Morgan fingerprint density at radius 3 is 2.48 bits per heavy atom. The van der Waals surface area contributed by atoms with E-state index in [1.165, 1.54) is 12.1 Å². The molecule has 0 aliphatic carbocycles. The van der Waals surface area contributed by atoms with Gasteiger partial charge in [0.05, 0.1) is 4.90 Å². The first-order valence-electron chi connectivity index (χ1n) is 7.53. The van der Waals surface area contributed by atoms with E-state index in [2.05, 4.69) is 9.62 Å². The van der Waals surface area contributed by atoms with Crippen LogP contribution < -0.4 is 4.72 Å². The van der Waals surface area contributed by atoms with Crippen molar-refractivity contribution in [3.8, 4) is 0 Å². The predicted octanol–water partition coefficient (Wildman–Crippen LogP) is 0.577. The van der Waals surface area contributed by atoms with Crippen molar-refractivity contribution in [2.24, 2.45) is 0 Å². The summed E-state index contributed by atoms with van der Waals surface area (Å²) < 4.78 is 40.1. The highest BCUT2D eigenvalue weighted by Gasteiger charge is 2.20. The fourth-order valence-corrected chi connectivity index (χ4v) is 3.86. The number of nitrogens with one attached hydrogen (secondary N) is 1. The molecule has 0 saturated carbocycles. The topological polar surface area (TPSA) is 69.7 Å². The van der Waals surface area contributed by atoms with Crippen LogP contribution in [0.25, 0.3) is 0 Å². The van der Waals surface area contributed by atoms with E-state index in [9.17, 15) is 17.6 Å². The molecule has 0 spiro atoms. The van der Waals surface area contributed by atoms with Crippen LogP contribution in [-0.2, 0) is 14.8 Å². The third kappa shape index (κ3) is 4.73. The number of hydrogen-bond donors (Lipinski definition) is 1. The third-order valence-corrected chi connectivity index (χ3v) is 5.59. The maximum absolute atomic E-state index is 13.1. The highest BCUT2D eigenvalue weighted by molar-refractivity contribution is 7.89. The summed E-state index contributed by atoms with van der Waals surface area (Å²) in [5.41, 5.74) is 0.382. The Kier molecular flexibility index (Phi) is 5.72. The highest BCUT2D eigenvalue weighted by Crippen LogP contribution is 2.15. The van der Waals surface area contributed by atoms with Gasteiger partial charge in [0.2, 0.25) is 15.9 Å². The molecule has 0 atom stereocenters. The van der Waals surface area contributed by atoms with Gasteiger partial charge in [-0.3, -0.25) is 9.69 Å². The number of rotatable bonds is 5. The first-order valence-corrected chi connectivity index (χ1v) is 9.01. The molecule has 6 nitrogen and oxygen atoms in total. The number of amides is 1. The van der Waals surface area contributed by atoms with Gasteiger partial charge >= 0.3 is 0 Å². The molecule has 1 N–H and O–H groups in total. The minimum Gasteiger partial charge on any atom is -0.340 e. The molecule has 1 heterocycles. The van der Waals surface area contributed by atoms with E-state index < -0.39 is 15.8 Å². The van der Waals surface area contributed by atoms with Crippen LogP contribution in [0.5, 0.6) is 0 Å². The molecule has 1 aliphatic heterocycles. The van der Waals surface area contributed by atoms with Gasteiger partial charge in [-0.05, 0) is 30.7 Å². The lowest BCUT2D eigenvalue weighted by Crippen LogP contribution is -2.49. The lowest BCUT2D eigenvalue weighted by atomic mass is 10.2. The molecule has 0 aromatic heterocycles. The molecule has 1 saturated heterocycles. The summed E-state index contributed by atoms with van der Waals surface area (Å²) in [6, 6.07) is 3.62. The van der Waals surface area contributed by atoms with Gasteiger partial charge in [-0.1, -0.05) is 0 Å². The number of carbonyl (C=O) groups excluding carboxylic acids is 1. The van der Waals surface area contributed by atoms with E-state index >= 15 is 0 Å². The van der Waals surface area contributed by atoms with Crippen LogP contribution in [0.4, 0.5) is 4.39 Å². The molecule has 128 valence electrons. The monoisotopic (exact) mass is 343 g/mol. The van der Waals surface area contributed by atoms with Crippen LogP contribution in [0.2, 0.25) is 0 Å². The van der Waals surface area contributed by atoms with E-state index in [-0.39, 0.29) is 17.3 Å². The first kappa shape index (κ1) is 17.8. The van der Waals surface area contributed by atoms with Gasteiger partial charge in [0, 0.05) is 46.2 Å². The van der Waals surface area contributed by atoms with Crippen LogP contribution in [-0.4, -0.2) is 63.4 Å². The minimum atomic E-state index is -3.64. The van der Waals surface area contributed by atoms with Crippen LogP contribution in [0.15, 0.2) is 23.1 Å². The lowest BCUT2D eigenvalue weighted by molar-refractivity contribution is -0.130. The molecule has 0 radical (unpaired) electrons. The van der Waals surface area contributed by atoms with Gasteiger partial charge in [-0.25, -0.2) is 17.5 Å². The summed E-state index contributed by atoms with van der Waals surface area (Å²) in [6.45, 7) is 6.77. The number of nitrogens with zero attached hydrogens (tertiary/aromatic N) is 2. The lowest BCUT2D eigenvalue weighted by Gasteiger charge is -2.34. The number of carbonyl (C=O) groups is 1. The smallest absolute Gasteiger partial charge is 0.240 e. The fourth-order valence-electron chi connectivity index (χ4n) is 2.62. The third-order valence-electron chi connectivity index (χ3n) is 3.96. The number of aryl methyl sites for hydroxylation is 1. The Hall–Kier alpha value is -1.51. The molecule has 2 rings (SSSR count). The van der Waals surface area contributed by atoms with Crippen molar-refractivity contribution in [1.82, 2.24) is 14.5 Å². The molecule has 8 heteroatoms. The number of halogens is 1. The van der Waals surface area contributed by atoms with Crippen molar-refractivity contribution in [2.45, 2.75) is 18.7 Å². The Labute approximate surface area is 136 Å². The Balaban J connectivity index is 1.85. The molecular formula is C15H22FN3O3S. The van der Waals surface area contributed by atoms with Crippen LogP contribution in [0.1, 0.15) is 12.5 Å². The van der Waals surface area contributed by atoms with Crippen molar-refractivity contribution >= 4 is 15.9 Å². The van der Waals surface area contributed by atoms with Crippen molar-refractivity contribution in [3.05, 3.63) is 29.6 Å². The average Bonchev–Trinajstić information content (AvgIpc) is 2.47. The van der Waals surface area contributed by atoms with Crippen LogP contribution >= 0.6 is 0 Å². The zero-order chi connectivity index (χ0) is 17.0. The molecule has 1 aliphatic rings. The Morgan fingerprint density at radius 1 is 1.26 bits per heavy atom. The van der Waals surface area contributed by atoms with Gasteiger partial charge in [0.25, 0.3) is 0 Å². The number of sulfonamides is 1. The molecule has 23 heavy (non-hydrogen) atoms. The molecule has 1 aromatic rings. The Bertz CT molecular complexity index is 671. The van der Waals surface area contributed by atoms with E-state index in [0.717, 1.165) is 19.2 Å². The van der Waals surface area contributed by atoms with Crippen molar-refractivity contribution in [3.63, 3.8) is 0 Å². The molecule has 0 bridgehead atoms. The standard InChI is InChI=1S/C15H22FN3O3S/c1-12-11-14(16)3-4-15(12)23(21,22)17-5-6-18-7-9-19(10-8-18)13(2)20/h3-4,11,17H,5-10H2,1-2H3. The van der Waals surface area contributed by atoms with Crippen molar-refractivity contribution < 1.29 is 17.6 Å². The van der Waals surface area contributed by atoms with Gasteiger partial charge in [-0.2, -0.15) is 0 Å². The zero-order valence-electron chi connectivity index (χ0n) is 13.4. The summed E-state index contributed by atoms with van der Waals surface area (Å²) in [5, 5.41) is 0. The first-order chi connectivity index (χ1) is 10.8. The summed E-state index contributed by atoms with van der Waals surface area (Å²) >= 11 is 0. The van der Waals surface area contributed by atoms with Crippen LogP contribution in [0.3, 0.4) is 0 Å². The SMILES string of the molecule is CC(=O)N1CCN(CCNS(=O)(=O)c2ccc(F)cc2C)CC1. The van der Waals surface area contributed by atoms with E-state index in [1.54, 1.807) is 18.7 Å². The van der Waals surface area contributed by atoms with Crippen molar-refractivity contribution in [2.75, 3.05) is 39.3 Å². The normalized spacial score (nSPS) is 16.6. The van der Waals surface area contributed by atoms with Gasteiger partial charge in [-0.15, -0.1) is 0 Å². The average molecular weight is 343 g/mol. The largest absolute Gasteiger partial charge is 0.340 e. The molecular weight excluding hydrogens is 321 g/mol. The highest BCUT2D eigenvalue weighted by atomic mass is 32.2. The van der Waals surface area contributed by atoms with Crippen molar-refractivity contribution in [1.29, 1.82) is 0 Å². The maximum atomic E-state index is 13.1. The van der Waals surface area contributed by atoms with Gasteiger partial charge < -0.3 is 4.90 Å². The second-order valence-corrected chi connectivity index (χ2v) is 7.39. The summed E-state index contributed by atoms with van der Waals surface area (Å²) in [7, 11) is -3.64. The quantitative estimate of drug-likeness (QED) is 0.849. The maximum Gasteiger partial charge on any atom is 0.240 e. The molecule has 1 fully saturated rings. The molecule has 0 unspecified atom stereocenters. The second kappa shape index (κ2) is 7.37. The number of hydrogen-bond acceptors (Lipinski definition) is 4. The summed E-state index contributed by atoms with van der Waals surface area (Å²) in [6.07, 6.45) is 0. The molecule has 1 amide bonds. The number of piperazine rings is 1. The predicted molar refractivity (Wildman–Crippen MR) is 85.0 cm³/mol. The fraction of sp³-hybridized carbons (Fsp3) is 0.533. The van der Waals surface area contributed by atoms with Gasteiger partial charge in [0.15, 0.2) is 0 Å². The van der Waals surface area contributed by atoms with Crippen LogP contribution in [0, 0.1) is 12.7 Å². The Morgan fingerprint density at radius 2 is 1.91 bits per heavy atom. The zero-order valence-corrected chi connectivity index (χ0v) is 14.2. The number of benzene rings is 1. The second-order valence-electron chi connectivity index (χ2n) is 5.66. The molecule has 1 aromatic carbocycles. The minimum absolute atomic E-state index is 0.0668. The summed E-state index contributed by atoms with van der Waals surface area (Å²) in [5.74, 6) is -0.387. The van der Waals surface area contributed by atoms with Gasteiger partial charge in [0.1, 0.15) is 5.82 Å².